The van der Waals surface area contributed by atoms with Crippen molar-refractivity contribution in [2.75, 3.05) is 0 Å². The molecule has 1 unspecified atom stereocenters. The van der Waals surface area contributed by atoms with Crippen LogP contribution in [0, 0.1) is 0 Å². The van der Waals surface area contributed by atoms with Crippen molar-refractivity contribution in [2.45, 2.75) is 13.0 Å². The van der Waals surface area contributed by atoms with Gasteiger partial charge in [0.2, 0.25) is 0 Å². The van der Waals surface area contributed by atoms with Gasteiger partial charge in [0.05, 0.1) is 11.6 Å². The van der Waals surface area contributed by atoms with Crippen molar-refractivity contribution in [1.29, 1.82) is 0 Å². The summed E-state index contributed by atoms with van der Waals surface area (Å²) in [7, 11) is 0. The van der Waals surface area contributed by atoms with Crippen molar-refractivity contribution in [3.63, 3.8) is 0 Å². The minimum atomic E-state index is -0.213. The van der Waals surface area contributed by atoms with E-state index >= 15 is 0 Å². The maximum atomic E-state index is 12.5. The van der Waals surface area contributed by atoms with E-state index in [0.717, 1.165) is 27.6 Å². The lowest BCUT2D eigenvalue weighted by molar-refractivity contribution is 0.0936. The Kier molecular flexibility index (Phi) is 3.50. The molecule has 1 N–H and O–H groups in total. The van der Waals surface area contributed by atoms with Gasteiger partial charge in [0.25, 0.3) is 5.91 Å². The Labute approximate surface area is 139 Å². The molecular weight excluding hydrogens is 300 g/mol. The second kappa shape index (κ2) is 5.81. The number of nitrogens with one attached hydrogen (secondary N) is 1. The number of carbonyl (C=O) groups is 1. The smallest absolute Gasteiger partial charge is 0.251 e. The standard InChI is InChI=1S/C20H16N2O2/c1-13(19-12-15-5-2-3-7-18(15)24-19)22-20(23)16-8-9-17-14(11-16)6-4-10-21-17/h2-13H,1H3,(H,22,23). The van der Waals surface area contributed by atoms with Gasteiger partial charge in [-0.15, -0.1) is 0 Å². The highest BCUT2D eigenvalue weighted by Crippen LogP contribution is 2.24. The minimum Gasteiger partial charge on any atom is -0.459 e. The molecule has 0 bridgehead atoms. The maximum absolute atomic E-state index is 12.5. The zero-order chi connectivity index (χ0) is 16.5. The third-order valence-electron chi connectivity index (χ3n) is 4.08. The zero-order valence-corrected chi connectivity index (χ0v) is 13.2. The number of nitrogens with zero attached hydrogens (tertiary/aromatic N) is 1. The quantitative estimate of drug-likeness (QED) is 0.606. The molecule has 0 spiro atoms. The lowest BCUT2D eigenvalue weighted by atomic mass is 10.1. The second-order valence-electron chi connectivity index (χ2n) is 5.79. The number of benzene rings is 2. The van der Waals surface area contributed by atoms with E-state index in [1.807, 2.05) is 61.5 Å². The van der Waals surface area contributed by atoms with Crippen LogP contribution in [-0.4, -0.2) is 10.9 Å². The number of fused-ring (bicyclic) bond motifs is 2. The van der Waals surface area contributed by atoms with Crippen LogP contribution in [0.3, 0.4) is 0 Å². The molecule has 2 aromatic heterocycles. The van der Waals surface area contributed by atoms with Crippen molar-refractivity contribution in [2.24, 2.45) is 0 Å². The highest BCUT2D eigenvalue weighted by Gasteiger charge is 2.15. The van der Waals surface area contributed by atoms with Crippen LogP contribution >= 0.6 is 0 Å². The number of para-hydroxylation sites is 1. The number of rotatable bonds is 3. The lowest BCUT2D eigenvalue weighted by Crippen LogP contribution is -2.26. The van der Waals surface area contributed by atoms with E-state index in [-0.39, 0.29) is 11.9 Å². The molecule has 4 nitrogen and oxygen atoms in total. The topological polar surface area (TPSA) is 55.1 Å². The summed E-state index contributed by atoms with van der Waals surface area (Å²) in [6.45, 7) is 1.91. The Balaban J connectivity index is 1.57. The number of carbonyl (C=O) groups excluding carboxylic acids is 1. The SMILES string of the molecule is CC(NC(=O)c1ccc2ncccc2c1)c1cc2ccccc2o1. The number of aromatic nitrogens is 1. The number of hydrogen-bond acceptors (Lipinski definition) is 3. The number of hydrogen-bond donors (Lipinski definition) is 1. The van der Waals surface area contributed by atoms with Crippen LogP contribution in [0.5, 0.6) is 0 Å². The first-order valence-corrected chi connectivity index (χ1v) is 7.85. The van der Waals surface area contributed by atoms with Gasteiger partial charge in [0.15, 0.2) is 0 Å². The van der Waals surface area contributed by atoms with Crippen LogP contribution in [0.25, 0.3) is 21.9 Å². The summed E-state index contributed by atoms with van der Waals surface area (Å²) in [6.07, 6.45) is 1.74. The molecule has 0 aliphatic rings. The van der Waals surface area contributed by atoms with Crippen LogP contribution in [0.2, 0.25) is 0 Å². The van der Waals surface area contributed by atoms with E-state index in [9.17, 15) is 4.79 Å². The average Bonchev–Trinajstić information content (AvgIpc) is 3.05. The number of furan rings is 1. The van der Waals surface area contributed by atoms with E-state index in [2.05, 4.69) is 10.3 Å². The summed E-state index contributed by atoms with van der Waals surface area (Å²) in [4.78, 5) is 16.8. The van der Waals surface area contributed by atoms with E-state index in [4.69, 9.17) is 4.42 Å². The van der Waals surface area contributed by atoms with Gasteiger partial charge < -0.3 is 9.73 Å². The molecular formula is C20H16N2O2. The van der Waals surface area contributed by atoms with Gasteiger partial charge in [0.1, 0.15) is 11.3 Å². The van der Waals surface area contributed by atoms with Crippen LogP contribution in [-0.2, 0) is 0 Å². The van der Waals surface area contributed by atoms with Crippen LogP contribution in [0.1, 0.15) is 29.1 Å². The summed E-state index contributed by atoms with van der Waals surface area (Å²) < 4.78 is 5.81. The van der Waals surface area contributed by atoms with Crippen molar-refractivity contribution >= 4 is 27.8 Å². The summed E-state index contributed by atoms with van der Waals surface area (Å²) in [5, 5.41) is 4.96. The molecule has 0 aliphatic heterocycles. The fraction of sp³-hybridized carbons (Fsp3) is 0.100. The molecule has 4 rings (SSSR count). The first-order chi connectivity index (χ1) is 11.7. The van der Waals surface area contributed by atoms with Gasteiger partial charge in [-0.05, 0) is 43.3 Å². The van der Waals surface area contributed by atoms with Gasteiger partial charge in [-0.1, -0.05) is 24.3 Å². The number of amides is 1. The Hall–Kier alpha value is -3.14. The first-order valence-electron chi connectivity index (χ1n) is 7.85. The van der Waals surface area contributed by atoms with E-state index in [1.165, 1.54) is 0 Å². The third kappa shape index (κ3) is 2.63. The first kappa shape index (κ1) is 14.5. The fourth-order valence-corrected chi connectivity index (χ4v) is 2.78. The monoisotopic (exact) mass is 316 g/mol. The van der Waals surface area contributed by atoms with Gasteiger partial charge in [-0.2, -0.15) is 0 Å². The van der Waals surface area contributed by atoms with Crippen LogP contribution < -0.4 is 5.32 Å². The minimum absolute atomic E-state index is 0.131. The molecule has 0 aliphatic carbocycles. The Morgan fingerprint density at radius 1 is 1.04 bits per heavy atom. The Bertz CT molecular complexity index is 1000. The van der Waals surface area contributed by atoms with E-state index in [1.54, 1.807) is 12.3 Å². The van der Waals surface area contributed by atoms with Crippen molar-refractivity contribution < 1.29 is 9.21 Å². The third-order valence-corrected chi connectivity index (χ3v) is 4.08. The molecule has 4 heteroatoms. The van der Waals surface area contributed by atoms with Crippen molar-refractivity contribution in [1.82, 2.24) is 10.3 Å². The van der Waals surface area contributed by atoms with E-state index in [0.29, 0.717) is 5.56 Å². The van der Waals surface area contributed by atoms with Gasteiger partial charge in [0, 0.05) is 22.5 Å². The van der Waals surface area contributed by atoms with Crippen LogP contribution in [0.4, 0.5) is 0 Å². The number of pyridine rings is 1. The Morgan fingerprint density at radius 3 is 2.75 bits per heavy atom. The van der Waals surface area contributed by atoms with Crippen LogP contribution in [0.15, 0.2) is 71.3 Å². The second-order valence-corrected chi connectivity index (χ2v) is 5.79. The predicted molar refractivity (Wildman–Crippen MR) is 93.8 cm³/mol. The Morgan fingerprint density at radius 2 is 1.88 bits per heavy atom. The summed E-state index contributed by atoms with van der Waals surface area (Å²) in [5.74, 6) is 0.612. The van der Waals surface area contributed by atoms with Gasteiger partial charge >= 0.3 is 0 Å². The predicted octanol–water partition coefficient (Wildman–Crippen LogP) is 4.47. The summed E-state index contributed by atoms with van der Waals surface area (Å²) in [6, 6.07) is 18.9. The normalized spacial score (nSPS) is 12.4. The molecule has 2 heterocycles. The summed E-state index contributed by atoms with van der Waals surface area (Å²) in [5.41, 5.74) is 2.31. The van der Waals surface area contributed by atoms with Crippen molar-refractivity contribution in [3.8, 4) is 0 Å². The molecule has 1 atom stereocenters. The zero-order valence-electron chi connectivity index (χ0n) is 13.2. The van der Waals surface area contributed by atoms with Crippen molar-refractivity contribution in [3.05, 3.63) is 78.2 Å². The molecule has 0 radical (unpaired) electrons. The highest BCUT2D eigenvalue weighted by atomic mass is 16.3. The van der Waals surface area contributed by atoms with E-state index < -0.39 is 0 Å². The van der Waals surface area contributed by atoms with Gasteiger partial charge in [-0.25, -0.2) is 0 Å². The lowest BCUT2D eigenvalue weighted by Gasteiger charge is -2.11. The highest BCUT2D eigenvalue weighted by molar-refractivity contribution is 5.98. The molecule has 0 saturated heterocycles. The van der Waals surface area contributed by atoms with Gasteiger partial charge in [-0.3, -0.25) is 9.78 Å². The summed E-state index contributed by atoms with van der Waals surface area (Å²) >= 11 is 0. The molecule has 2 aromatic carbocycles. The molecule has 1 amide bonds. The molecule has 118 valence electrons. The average molecular weight is 316 g/mol. The molecule has 24 heavy (non-hydrogen) atoms. The molecule has 4 aromatic rings. The molecule has 0 fully saturated rings. The largest absolute Gasteiger partial charge is 0.459 e. The molecule has 0 saturated carbocycles. The maximum Gasteiger partial charge on any atom is 0.251 e. The fourth-order valence-electron chi connectivity index (χ4n) is 2.78.